The second-order valence-corrected chi connectivity index (χ2v) is 4.25. The zero-order valence-corrected chi connectivity index (χ0v) is 8.44. The smallest absolute Gasteiger partial charge is 0.110 e. The summed E-state index contributed by atoms with van der Waals surface area (Å²) < 4.78 is 0. The summed E-state index contributed by atoms with van der Waals surface area (Å²) in [5.74, 6) is 0. The van der Waals surface area contributed by atoms with Crippen LogP contribution >= 0.6 is 11.3 Å². The van der Waals surface area contributed by atoms with Crippen LogP contribution in [0.15, 0.2) is 5.38 Å². The second-order valence-electron chi connectivity index (χ2n) is 3.36. The predicted octanol–water partition coefficient (Wildman–Crippen LogP) is 1.07. The van der Waals surface area contributed by atoms with E-state index in [-0.39, 0.29) is 0 Å². The molecule has 0 saturated carbocycles. The molecule has 0 radical (unpaired) electrons. The van der Waals surface area contributed by atoms with Crippen LogP contribution in [0, 0.1) is 0 Å². The maximum atomic E-state index is 5.47. The van der Waals surface area contributed by atoms with Crippen LogP contribution in [0.2, 0.25) is 0 Å². The minimum absolute atomic E-state index is 0.511. The van der Waals surface area contributed by atoms with E-state index in [0.717, 1.165) is 18.7 Å². The average molecular weight is 197 g/mol. The molecule has 1 aliphatic heterocycles. The molecule has 0 unspecified atom stereocenters. The molecular weight excluding hydrogens is 182 g/mol. The molecule has 0 aliphatic carbocycles. The maximum absolute atomic E-state index is 5.47. The van der Waals surface area contributed by atoms with Crippen molar-refractivity contribution in [2.75, 3.05) is 13.1 Å². The Kier molecular flexibility index (Phi) is 2.93. The van der Waals surface area contributed by atoms with Crippen LogP contribution in [-0.4, -0.2) is 18.1 Å². The van der Waals surface area contributed by atoms with E-state index in [4.69, 9.17) is 5.73 Å². The van der Waals surface area contributed by atoms with Crippen molar-refractivity contribution < 1.29 is 0 Å². The van der Waals surface area contributed by atoms with Gasteiger partial charge in [-0.25, -0.2) is 4.98 Å². The molecular formula is C9H15N3S. The summed E-state index contributed by atoms with van der Waals surface area (Å²) in [5, 5.41) is 6.81. The van der Waals surface area contributed by atoms with E-state index in [1.54, 1.807) is 11.3 Å². The number of thiazole rings is 1. The molecule has 1 saturated heterocycles. The van der Waals surface area contributed by atoms with Gasteiger partial charge in [0.2, 0.25) is 0 Å². The first kappa shape index (κ1) is 9.12. The predicted molar refractivity (Wildman–Crippen MR) is 54.9 cm³/mol. The number of aromatic nitrogens is 1. The van der Waals surface area contributed by atoms with E-state index < -0.39 is 0 Å². The number of rotatable bonds is 3. The SMILES string of the molecule is NCCc1csc([C@H]2CCCN2)n1. The van der Waals surface area contributed by atoms with Gasteiger partial charge in [-0.1, -0.05) is 0 Å². The Morgan fingerprint density at radius 3 is 3.31 bits per heavy atom. The van der Waals surface area contributed by atoms with E-state index >= 15 is 0 Å². The van der Waals surface area contributed by atoms with Crippen molar-refractivity contribution in [2.45, 2.75) is 25.3 Å². The lowest BCUT2D eigenvalue weighted by atomic mass is 10.2. The van der Waals surface area contributed by atoms with Gasteiger partial charge in [-0.05, 0) is 25.9 Å². The third kappa shape index (κ3) is 2.07. The Labute approximate surface area is 82.4 Å². The van der Waals surface area contributed by atoms with Crippen LogP contribution in [0.5, 0.6) is 0 Å². The number of nitrogens with zero attached hydrogens (tertiary/aromatic N) is 1. The van der Waals surface area contributed by atoms with Crippen LogP contribution in [0.25, 0.3) is 0 Å². The number of hydrogen-bond donors (Lipinski definition) is 2. The third-order valence-electron chi connectivity index (χ3n) is 2.33. The maximum Gasteiger partial charge on any atom is 0.110 e. The van der Waals surface area contributed by atoms with Crippen molar-refractivity contribution in [1.29, 1.82) is 0 Å². The summed E-state index contributed by atoms with van der Waals surface area (Å²) in [7, 11) is 0. The zero-order valence-electron chi connectivity index (χ0n) is 7.62. The molecule has 0 spiro atoms. The molecule has 72 valence electrons. The molecule has 0 amide bonds. The van der Waals surface area contributed by atoms with E-state index in [0.29, 0.717) is 12.6 Å². The molecule has 4 heteroatoms. The van der Waals surface area contributed by atoms with Gasteiger partial charge in [0.25, 0.3) is 0 Å². The summed E-state index contributed by atoms with van der Waals surface area (Å²) in [6.45, 7) is 1.83. The number of nitrogens with two attached hydrogens (primary N) is 1. The van der Waals surface area contributed by atoms with Gasteiger partial charge >= 0.3 is 0 Å². The van der Waals surface area contributed by atoms with Gasteiger partial charge < -0.3 is 11.1 Å². The fourth-order valence-electron chi connectivity index (χ4n) is 1.64. The fourth-order valence-corrected chi connectivity index (χ4v) is 2.60. The molecule has 1 aromatic rings. The average Bonchev–Trinajstić information content (AvgIpc) is 2.70. The highest BCUT2D eigenvalue weighted by Crippen LogP contribution is 2.25. The molecule has 1 aromatic heterocycles. The highest BCUT2D eigenvalue weighted by atomic mass is 32.1. The van der Waals surface area contributed by atoms with E-state index in [1.807, 2.05) is 0 Å². The summed E-state index contributed by atoms with van der Waals surface area (Å²) in [4.78, 5) is 4.56. The molecule has 1 atom stereocenters. The van der Waals surface area contributed by atoms with Gasteiger partial charge in [0.1, 0.15) is 5.01 Å². The van der Waals surface area contributed by atoms with Crippen LogP contribution in [0.4, 0.5) is 0 Å². The first-order chi connectivity index (χ1) is 6.40. The summed E-state index contributed by atoms with van der Waals surface area (Å²) in [6.07, 6.45) is 3.41. The summed E-state index contributed by atoms with van der Waals surface area (Å²) in [5.41, 5.74) is 6.62. The Morgan fingerprint density at radius 2 is 2.62 bits per heavy atom. The quantitative estimate of drug-likeness (QED) is 0.762. The molecule has 0 aromatic carbocycles. The van der Waals surface area contributed by atoms with Gasteiger partial charge in [-0.2, -0.15) is 0 Å². The topological polar surface area (TPSA) is 50.9 Å². The minimum Gasteiger partial charge on any atom is -0.330 e. The van der Waals surface area contributed by atoms with Crippen LogP contribution in [-0.2, 0) is 6.42 Å². The first-order valence-electron chi connectivity index (χ1n) is 4.78. The lowest BCUT2D eigenvalue weighted by Crippen LogP contribution is -2.12. The molecule has 13 heavy (non-hydrogen) atoms. The Morgan fingerprint density at radius 1 is 1.69 bits per heavy atom. The van der Waals surface area contributed by atoms with Crippen LogP contribution in [0.1, 0.15) is 29.6 Å². The number of nitrogens with one attached hydrogen (secondary N) is 1. The lowest BCUT2D eigenvalue weighted by Gasteiger charge is -2.04. The molecule has 2 heterocycles. The van der Waals surface area contributed by atoms with Crippen molar-refractivity contribution in [3.8, 4) is 0 Å². The molecule has 0 bridgehead atoms. The summed E-state index contributed by atoms with van der Waals surface area (Å²) in [6, 6.07) is 0.511. The Bertz CT molecular complexity index is 266. The highest BCUT2D eigenvalue weighted by Gasteiger charge is 2.18. The van der Waals surface area contributed by atoms with Gasteiger partial charge in [-0.15, -0.1) is 11.3 Å². The van der Waals surface area contributed by atoms with Crippen molar-refractivity contribution in [3.63, 3.8) is 0 Å². The second kappa shape index (κ2) is 4.17. The van der Waals surface area contributed by atoms with Gasteiger partial charge in [0.15, 0.2) is 0 Å². The van der Waals surface area contributed by atoms with Gasteiger partial charge in [0, 0.05) is 11.8 Å². The van der Waals surface area contributed by atoms with Crippen LogP contribution < -0.4 is 11.1 Å². The zero-order chi connectivity index (χ0) is 9.10. The summed E-state index contributed by atoms with van der Waals surface area (Å²) >= 11 is 1.76. The molecule has 3 nitrogen and oxygen atoms in total. The van der Waals surface area contributed by atoms with Gasteiger partial charge in [0.05, 0.1) is 11.7 Å². The van der Waals surface area contributed by atoms with Crippen molar-refractivity contribution in [3.05, 3.63) is 16.1 Å². The Hall–Kier alpha value is -0.450. The van der Waals surface area contributed by atoms with E-state index in [9.17, 15) is 0 Å². The van der Waals surface area contributed by atoms with Crippen molar-refractivity contribution in [2.24, 2.45) is 5.73 Å². The molecule has 3 N–H and O–H groups in total. The molecule has 2 rings (SSSR count). The Balaban J connectivity index is 2.03. The monoisotopic (exact) mass is 197 g/mol. The molecule has 1 aliphatic rings. The normalized spacial score (nSPS) is 22.4. The fraction of sp³-hybridized carbons (Fsp3) is 0.667. The molecule has 1 fully saturated rings. The van der Waals surface area contributed by atoms with Crippen molar-refractivity contribution in [1.82, 2.24) is 10.3 Å². The first-order valence-corrected chi connectivity index (χ1v) is 5.66. The highest BCUT2D eigenvalue weighted by molar-refractivity contribution is 7.09. The largest absolute Gasteiger partial charge is 0.330 e. The van der Waals surface area contributed by atoms with E-state index in [2.05, 4.69) is 15.7 Å². The van der Waals surface area contributed by atoms with Crippen LogP contribution in [0.3, 0.4) is 0 Å². The van der Waals surface area contributed by atoms with Gasteiger partial charge in [-0.3, -0.25) is 0 Å². The number of hydrogen-bond acceptors (Lipinski definition) is 4. The lowest BCUT2D eigenvalue weighted by molar-refractivity contribution is 0.640. The van der Waals surface area contributed by atoms with Crippen molar-refractivity contribution >= 4 is 11.3 Å². The third-order valence-corrected chi connectivity index (χ3v) is 3.34. The standard InChI is InChI=1S/C9H15N3S/c10-4-3-7-6-13-9(12-7)8-2-1-5-11-8/h6,8,11H,1-5,10H2/t8-/m1/s1. The minimum atomic E-state index is 0.511. The van der Waals surface area contributed by atoms with E-state index in [1.165, 1.54) is 17.8 Å².